The lowest BCUT2D eigenvalue weighted by molar-refractivity contribution is -0.144. The lowest BCUT2D eigenvalue weighted by atomic mass is 10.1. The molecule has 0 aliphatic carbocycles. The summed E-state index contributed by atoms with van der Waals surface area (Å²) in [5.41, 5.74) is 0. The summed E-state index contributed by atoms with van der Waals surface area (Å²) in [5, 5.41) is 11.2. The smallest absolute Gasteiger partial charge is 0.306 e. The average molecular weight is 458 g/mol. The fraction of sp³-hybridized carbons (Fsp3) is 0.792. The van der Waals surface area contributed by atoms with E-state index >= 15 is 0 Å². The number of amides is 1. The van der Waals surface area contributed by atoms with Crippen molar-refractivity contribution in [2.24, 2.45) is 0 Å². The van der Waals surface area contributed by atoms with Crippen LogP contribution in [0.1, 0.15) is 111 Å². The number of ether oxygens (including phenoxy) is 1. The van der Waals surface area contributed by atoms with Crippen molar-refractivity contribution in [1.29, 1.82) is 0 Å². The number of unbranched alkanes of at least 4 members (excludes halogenated alkanes) is 3. The van der Waals surface area contributed by atoms with E-state index in [9.17, 15) is 24.0 Å². The van der Waals surface area contributed by atoms with Crippen LogP contribution in [-0.4, -0.2) is 47.7 Å². The van der Waals surface area contributed by atoms with E-state index < -0.39 is 5.97 Å². The highest BCUT2D eigenvalue weighted by molar-refractivity contribution is 5.82. The molecule has 0 unspecified atom stereocenters. The molecule has 0 radical (unpaired) electrons. The summed E-state index contributed by atoms with van der Waals surface area (Å²) in [6.07, 6.45) is 8.42. The summed E-state index contributed by atoms with van der Waals surface area (Å²) < 4.78 is 4.68. The van der Waals surface area contributed by atoms with Gasteiger partial charge in [-0.25, -0.2) is 0 Å². The molecule has 0 atom stereocenters. The van der Waals surface area contributed by atoms with Gasteiger partial charge in [-0.15, -0.1) is 0 Å². The molecule has 1 amide bonds. The Morgan fingerprint density at radius 1 is 0.656 bits per heavy atom. The predicted octanol–water partition coefficient (Wildman–Crippen LogP) is 4.38. The Hall–Kier alpha value is -2.25. The Morgan fingerprint density at radius 2 is 1.22 bits per heavy atom. The van der Waals surface area contributed by atoms with E-state index in [2.05, 4.69) is 17.0 Å². The van der Waals surface area contributed by atoms with Gasteiger partial charge >= 0.3 is 11.9 Å². The van der Waals surface area contributed by atoms with Crippen LogP contribution in [0.5, 0.6) is 0 Å². The van der Waals surface area contributed by atoms with Gasteiger partial charge in [0.15, 0.2) is 0 Å². The molecule has 2 N–H and O–H groups in total. The zero-order valence-corrected chi connectivity index (χ0v) is 20.2. The van der Waals surface area contributed by atoms with Gasteiger partial charge in [-0.2, -0.15) is 0 Å². The van der Waals surface area contributed by atoms with Crippen molar-refractivity contribution in [2.75, 3.05) is 13.2 Å². The van der Waals surface area contributed by atoms with E-state index in [4.69, 9.17) is 5.11 Å². The number of esters is 1. The topological polar surface area (TPSA) is 127 Å². The number of carboxylic acid groups (broad SMARTS) is 1. The molecule has 0 spiro atoms. The van der Waals surface area contributed by atoms with Gasteiger partial charge in [0.1, 0.15) is 11.6 Å². The number of carboxylic acids is 1. The SMILES string of the molecule is CCCCNC(=O)CCCCC(=O)CCC.CCOC(=O)CCC(=O)CCCCC(=O)O. The van der Waals surface area contributed by atoms with Gasteiger partial charge < -0.3 is 15.2 Å². The number of carbonyl (C=O) groups excluding carboxylic acids is 4. The lowest BCUT2D eigenvalue weighted by Gasteiger charge is -2.03. The molecule has 186 valence electrons. The maximum Gasteiger partial charge on any atom is 0.306 e. The molecule has 8 nitrogen and oxygen atoms in total. The molecule has 0 aliphatic rings. The van der Waals surface area contributed by atoms with E-state index in [1.54, 1.807) is 6.92 Å². The maximum atomic E-state index is 11.3. The minimum Gasteiger partial charge on any atom is -0.481 e. The number of ketones is 2. The van der Waals surface area contributed by atoms with Crippen molar-refractivity contribution >= 4 is 29.4 Å². The lowest BCUT2D eigenvalue weighted by Crippen LogP contribution is -2.23. The fourth-order valence-corrected chi connectivity index (χ4v) is 2.70. The van der Waals surface area contributed by atoms with Crippen molar-refractivity contribution in [3.05, 3.63) is 0 Å². The van der Waals surface area contributed by atoms with E-state index in [0.717, 1.165) is 38.6 Å². The molecule has 0 bridgehead atoms. The van der Waals surface area contributed by atoms with E-state index in [0.29, 0.717) is 50.9 Å². The van der Waals surface area contributed by atoms with Crippen molar-refractivity contribution in [2.45, 2.75) is 111 Å². The summed E-state index contributed by atoms with van der Waals surface area (Å²) in [5.74, 6) is -0.774. The zero-order valence-electron chi connectivity index (χ0n) is 20.2. The molecule has 0 aromatic rings. The number of aliphatic carboxylic acids is 1. The minimum absolute atomic E-state index is 0.0153. The Morgan fingerprint density at radius 3 is 1.75 bits per heavy atom. The molecule has 0 heterocycles. The maximum absolute atomic E-state index is 11.3. The van der Waals surface area contributed by atoms with Crippen LogP contribution in [0.2, 0.25) is 0 Å². The standard InChI is InChI=1S/C13H25NO2.C11H18O5/c1-3-5-11-14-13(16)10-7-6-9-12(15)8-4-2;1-2-16-11(15)8-7-9(12)5-3-4-6-10(13)14/h3-11H2,1-2H3,(H,14,16);2-8H2,1H3,(H,13,14). The van der Waals surface area contributed by atoms with Crippen molar-refractivity contribution in [3.63, 3.8) is 0 Å². The van der Waals surface area contributed by atoms with Crippen LogP contribution < -0.4 is 5.32 Å². The van der Waals surface area contributed by atoms with Crippen LogP contribution in [0.15, 0.2) is 0 Å². The Bertz CT molecular complexity index is 546. The number of hydrogen-bond donors (Lipinski definition) is 2. The van der Waals surface area contributed by atoms with Crippen LogP contribution in [-0.2, 0) is 28.7 Å². The summed E-state index contributed by atoms with van der Waals surface area (Å²) in [4.78, 5) is 54.8. The van der Waals surface area contributed by atoms with Crippen LogP contribution in [0.4, 0.5) is 0 Å². The monoisotopic (exact) mass is 457 g/mol. The predicted molar refractivity (Wildman–Crippen MR) is 123 cm³/mol. The molecule has 0 saturated heterocycles. The molecule has 0 aromatic heterocycles. The van der Waals surface area contributed by atoms with Gasteiger partial charge in [0.05, 0.1) is 13.0 Å². The largest absolute Gasteiger partial charge is 0.481 e. The normalized spacial score (nSPS) is 9.97. The van der Waals surface area contributed by atoms with E-state index in [1.807, 2.05) is 6.92 Å². The molecule has 0 rings (SSSR count). The molecular weight excluding hydrogens is 414 g/mol. The number of rotatable bonds is 19. The molecule has 0 fully saturated rings. The first-order valence-electron chi connectivity index (χ1n) is 11.9. The quantitative estimate of drug-likeness (QED) is 0.218. The molecule has 32 heavy (non-hydrogen) atoms. The number of hydrogen-bond acceptors (Lipinski definition) is 6. The number of carbonyl (C=O) groups is 5. The molecular formula is C24H43NO7. The van der Waals surface area contributed by atoms with Gasteiger partial charge in [0.2, 0.25) is 5.91 Å². The molecule has 8 heteroatoms. The number of Topliss-reactive ketones (excluding diaryl/α,β-unsaturated/α-hetero) is 2. The average Bonchev–Trinajstić information content (AvgIpc) is 2.74. The molecule has 0 aromatic carbocycles. The van der Waals surface area contributed by atoms with E-state index in [1.165, 1.54) is 0 Å². The third-order valence-electron chi connectivity index (χ3n) is 4.50. The second-order valence-electron chi connectivity index (χ2n) is 7.64. The molecule has 0 aliphatic heterocycles. The Labute approximate surface area is 192 Å². The molecule has 0 saturated carbocycles. The van der Waals surface area contributed by atoms with Gasteiger partial charge in [-0.05, 0) is 45.4 Å². The van der Waals surface area contributed by atoms with Crippen molar-refractivity contribution in [1.82, 2.24) is 5.32 Å². The highest BCUT2D eigenvalue weighted by atomic mass is 16.5. The highest BCUT2D eigenvalue weighted by Crippen LogP contribution is 2.05. The van der Waals surface area contributed by atoms with Crippen LogP contribution >= 0.6 is 0 Å². The summed E-state index contributed by atoms with van der Waals surface area (Å²) in [7, 11) is 0. The summed E-state index contributed by atoms with van der Waals surface area (Å²) >= 11 is 0. The minimum atomic E-state index is -0.848. The van der Waals surface area contributed by atoms with Crippen molar-refractivity contribution < 1.29 is 33.8 Å². The van der Waals surface area contributed by atoms with Crippen LogP contribution in [0.3, 0.4) is 0 Å². The fourth-order valence-electron chi connectivity index (χ4n) is 2.70. The van der Waals surface area contributed by atoms with Gasteiger partial charge in [-0.3, -0.25) is 24.0 Å². The highest BCUT2D eigenvalue weighted by Gasteiger charge is 2.08. The Kier molecular flexibility index (Phi) is 23.4. The van der Waals surface area contributed by atoms with Gasteiger partial charge in [0.25, 0.3) is 0 Å². The first-order chi connectivity index (χ1) is 15.3. The van der Waals surface area contributed by atoms with E-state index in [-0.39, 0.29) is 36.9 Å². The van der Waals surface area contributed by atoms with Gasteiger partial charge in [0, 0.05) is 45.1 Å². The third-order valence-corrected chi connectivity index (χ3v) is 4.50. The zero-order chi connectivity index (χ0) is 24.6. The van der Waals surface area contributed by atoms with Crippen LogP contribution in [0.25, 0.3) is 0 Å². The second-order valence-corrected chi connectivity index (χ2v) is 7.64. The van der Waals surface area contributed by atoms with Crippen molar-refractivity contribution in [3.8, 4) is 0 Å². The number of nitrogens with one attached hydrogen (secondary N) is 1. The summed E-state index contributed by atoms with van der Waals surface area (Å²) in [6, 6.07) is 0. The van der Waals surface area contributed by atoms with Gasteiger partial charge in [-0.1, -0.05) is 20.3 Å². The second kappa shape index (κ2) is 23.4. The first-order valence-corrected chi connectivity index (χ1v) is 11.9. The summed E-state index contributed by atoms with van der Waals surface area (Å²) in [6.45, 7) is 6.94. The Balaban J connectivity index is 0. The first kappa shape index (κ1) is 31.9. The van der Waals surface area contributed by atoms with Crippen LogP contribution in [0, 0.1) is 0 Å². The third kappa shape index (κ3) is 25.8.